The number of hydrogen-bond acceptors (Lipinski definition) is 4. The maximum atomic E-state index is 5.67. The van der Waals surface area contributed by atoms with Crippen LogP contribution in [0.3, 0.4) is 0 Å². The zero-order chi connectivity index (χ0) is 13.1. The monoisotopic (exact) mass is 258 g/mol. The molecule has 100 valence electrons. The molecule has 0 saturated heterocycles. The summed E-state index contributed by atoms with van der Waals surface area (Å²) in [6, 6.07) is 1.78. The standard InChI is InChI=1S/C14H18N4O/c1-18-10-12(9-16-18)19-14-6-7-15-13(17-14)8-11-4-2-3-5-11/h6-7,9-11H,2-5,8H2,1H3. The third-order valence-corrected chi connectivity index (χ3v) is 3.53. The van der Waals surface area contributed by atoms with Crippen molar-refractivity contribution in [2.45, 2.75) is 32.1 Å². The molecule has 0 aromatic carbocycles. The predicted molar refractivity (Wildman–Crippen MR) is 71.0 cm³/mol. The van der Waals surface area contributed by atoms with Gasteiger partial charge in [-0.3, -0.25) is 4.68 Å². The van der Waals surface area contributed by atoms with Crippen LogP contribution in [-0.2, 0) is 13.5 Å². The van der Waals surface area contributed by atoms with Crippen LogP contribution in [0.15, 0.2) is 24.7 Å². The van der Waals surface area contributed by atoms with Crippen molar-refractivity contribution in [2.75, 3.05) is 0 Å². The lowest BCUT2D eigenvalue weighted by molar-refractivity contribution is 0.452. The summed E-state index contributed by atoms with van der Waals surface area (Å²) in [6.07, 6.45) is 11.5. The number of aromatic nitrogens is 4. The minimum absolute atomic E-state index is 0.594. The molecule has 0 N–H and O–H groups in total. The largest absolute Gasteiger partial charge is 0.436 e. The van der Waals surface area contributed by atoms with Crippen LogP contribution in [0.1, 0.15) is 31.5 Å². The molecule has 1 aliphatic rings. The van der Waals surface area contributed by atoms with Crippen LogP contribution in [0.2, 0.25) is 0 Å². The highest BCUT2D eigenvalue weighted by Gasteiger charge is 2.17. The van der Waals surface area contributed by atoms with E-state index >= 15 is 0 Å². The van der Waals surface area contributed by atoms with Crippen LogP contribution in [0, 0.1) is 5.92 Å². The minimum atomic E-state index is 0.594. The van der Waals surface area contributed by atoms with E-state index in [1.165, 1.54) is 25.7 Å². The molecule has 0 atom stereocenters. The minimum Gasteiger partial charge on any atom is -0.436 e. The highest BCUT2D eigenvalue weighted by molar-refractivity contribution is 5.20. The number of hydrogen-bond donors (Lipinski definition) is 0. The van der Waals surface area contributed by atoms with Gasteiger partial charge in [-0.1, -0.05) is 25.7 Å². The van der Waals surface area contributed by atoms with Crippen molar-refractivity contribution in [3.05, 3.63) is 30.5 Å². The first kappa shape index (κ1) is 12.1. The Hall–Kier alpha value is -1.91. The third-order valence-electron chi connectivity index (χ3n) is 3.53. The van der Waals surface area contributed by atoms with E-state index in [-0.39, 0.29) is 0 Å². The molecule has 0 amide bonds. The smallest absolute Gasteiger partial charge is 0.222 e. The van der Waals surface area contributed by atoms with Gasteiger partial charge < -0.3 is 4.74 Å². The highest BCUT2D eigenvalue weighted by Crippen LogP contribution is 2.27. The van der Waals surface area contributed by atoms with Crippen LogP contribution < -0.4 is 4.74 Å². The summed E-state index contributed by atoms with van der Waals surface area (Å²) in [5.74, 6) is 2.92. The van der Waals surface area contributed by atoms with Gasteiger partial charge in [0.25, 0.3) is 0 Å². The summed E-state index contributed by atoms with van der Waals surface area (Å²) in [5.41, 5.74) is 0. The average Bonchev–Trinajstić information content (AvgIpc) is 3.02. The highest BCUT2D eigenvalue weighted by atomic mass is 16.5. The fraction of sp³-hybridized carbons (Fsp3) is 0.500. The van der Waals surface area contributed by atoms with Gasteiger partial charge in [-0.05, 0) is 5.92 Å². The van der Waals surface area contributed by atoms with E-state index in [9.17, 15) is 0 Å². The van der Waals surface area contributed by atoms with E-state index in [0.717, 1.165) is 18.2 Å². The van der Waals surface area contributed by atoms with Gasteiger partial charge in [0.1, 0.15) is 5.82 Å². The third kappa shape index (κ3) is 3.10. The molecule has 1 fully saturated rings. The molecule has 3 rings (SSSR count). The lowest BCUT2D eigenvalue weighted by Gasteiger charge is -2.08. The average molecular weight is 258 g/mol. The molecule has 0 radical (unpaired) electrons. The first-order valence-electron chi connectivity index (χ1n) is 6.78. The van der Waals surface area contributed by atoms with Gasteiger partial charge in [0.2, 0.25) is 5.88 Å². The summed E-state index contributed by atoms with van der Waals surface area (Å²) in [5, 5.41) is 4.07. The number of ether oxygens (including phenoxy) is 1. The van der Waals surface area contributed by atoms with E-state index in [1.807, 2.05) is 13.2 Å². The Morgan fingerprint density at radius 3 is 2.95 bits per heavy atom. The fourth-order valence-corrected chi connectivity index (χ4v) is 2.58. The molecular weight excluding hydrogens is 240 g/mol. The van der Waals surface area contributed by atoms with Crippen LogP contribution >= 0.6 is 0 Å². The van der Waals surface area contributed by atoms with E-state index in [0.29, 0.717) is 11.6 Å². The molecule has 1 aliphatic carbocycles. The normalized spacial score (nSPS) is 15.8. The SMILES string of the molecule is Cn1cc(Oc2ccnc(CC3CCCC3)n2)cn1. The Bertz CT molecular complexity index is 546. The molecule has 5 heteroatoms. The molecule has 5 nitrogen and oxygen atoms in total. The summed E-state index contributed by atoms with van der Waals surface area (Å²) in [6.45, 7) is 0. The van der Waals surface area contributed by atoms with Gasteiger partial charge >= 0.3 is 0 Å². The van der Waals surface area contributed by atoms with Crippen molar-refractivity contribution >= 4 is 0 Å². The number of rotatable bonds is 4. The molecule has 0 bridgehead atoms. The first-order valence-corrected chi connectivity index (χ1v) is 6.78. The van der Waals surface area contributed by atoms with E-state index in [2.05, 4.69) is 15.1 Å². The van der Waals surface area contributed by atoms with Crippen molar-refractivity contribution < 1.29 is 4.74 Å². The van der Waals surface area contributed by atoms with Crippen molar-refractivity contribution in [3.8, 4) is 11.6 Å². The summed E-state index contributed by atoms with van der Waals surface area (Å²) in [4.78, 5) is 8.81. The van der Waals surface area contributed by atoms with Gasteiger partial charge in [0.15, 0.2) is 5.75 Å². The fourth-order valence-electron chi connectivity index (χ4n) is 2.58. The molecule has 19 heavy (non-hydrogen) atoms. The van der Waals surface area contributed by atoms with Crippen LogP contribution in [0.4, 0.5) is 0 Å². The Balaban J connectivity index is 1.68. The predicted octanol–water partition coefficient (Wildman–Crippen LogP) is 2.74. The van der Waals surface area contributed by atoms with E-state index in [4.69, 9.17) is 4.74 Å². The molecule has 0 unspecified atom stereocenters. The van der Waals surface area contributed by atoms with Crippen molar-refractivity contribution in [1.82, 2.24) is 19.7 Å². The second kappa shape index (κ2) is 5.38. The molecule has 2 aromatic heterocycles. The lowest BCUT2D eigenvalue weighted by Crippen LogP contribution is -2.04. The van der Waals surface area contributed by atoms with Crippen LogP contribution in [0.25, 0.3) is 0 Å². The van der Waals surface area contributed by atoms with Crippen LogP contribution in [0.5, 0.6) is 11.6 Å². The molecule has 0 spiro atoms. The lowest BCUT2D eigenvalue weighted by atomic mass is 10.0. The zero-order valence-corrected chi connectivity index (χ0v) is 11.1. The van der Waals surface area contributed by atoms with Crippen molar-refractivity contribution in [2.24, 2.45) is 13.0 Å². The van der Waals surface area contributed by atoms with Gasteiger partial charge in [0, 0.05) is 25.7 Å². The van der Waals surface area contributed by atoms with Crippen molar-refractivity contribution in [1.29, 1.82) is 0 Å². The quantitative estimate of drug-likeness (QED) is 0.846. The Morgan fingerprint density at radius 1 is 1.37 bits per heavy atom. The van der Waals surface area contributed by atoms with Gasteiger partial charge in [-0.2, -0.15) is 10.1 Å². The maximum absolute atomic E-state index is 5.67. The van der Waals surface area contributed by atoms with Gasteiger partial charge in [-0.15, -0.1) is 0 Å². The van der Waals surface area contributed by atoms with Crippen LogP contribution in [-0.4, -0.2) is 19.7 Å². The molecular formula is C14H18N4O. The second-order valence-electron chi connectivity index (χ2n) is 5.12. The van der Waals surface area contributed by atoms with E-state index < -0.39 is 0 Å². The Labute approximate surface area is 112 Å². The summed E-state index contributed by atoms with van der Waals surface area (Å²) in [7, 11) is 1.86. The summed E-state index contributed by atoms with van der Waals surface area (Å²) >= 11 is 0. The number of nitrogens with zero attached hydrogens (tertiary/aromatic N) is 4. The maximum Gasteiger partial charge on any atom is 0.222 e. The molecule has 0 aliphatic heterocycles. The second-order valence-corrected chi connectivity index (χ2v) is 5.12. The number of aryl methyl sites for hydroxylation is 1. The first-order chi connectivity index (χ1) is 9.29. The molecule has 1 saturated carbocycles. The van der Waals surface area contributed by atoms with E-state index in [1.54, 1.807) is 23.1 Å². The van der Waals surface area contributed by atoms with Crippen molar-refractivity contribution in [3.63, 3.8) is 0 Å². The molecule has 2 aromatic rings. The molecule has 2 heterocycles. The zero-order valence-electron chi connectivity index (χ0n) is 11.1. The van der Waals surface area contributed by atoms with Gasteiger partial charge in [0.05, 0.1) is 12.4 Å². The topological polar surface area (TPSA) is 52.8 Å². The Kier molecular flexibility index (Phi) is 3.44. The van der Waals surface area contributed by atoms with Gasteiger partial charge in [-0.25, -0.2) is 4.98 Å². The Morgan fingerprint density at radius 2 is 2.21 bits per heavy atom. The summed E-state index contributed by atoms with van der Waals surface area (Å²) < 4.78 is 7.37.